The van der Waals surface area contributed by atoms with Gasteiger partial charge in [0, 0.05) is 16.8 Å². The van der Waals surface area contributed by atoms with Crippen molar-refractivity contribution in [3.8, 4) is 11.5 Å². The molecular weight excluding hydrogens is 442 g/mol. The Hall–Kier alpha value is -4.06. The number of amides is 1. The maximum absolute atomic E-state index is 13.3. The van der Waals surface area contributed by atoms with Gasteiger partial charge in [0.15, 0.2) is 0 Å². The highest BCUT2D eigenvalue weighted by molar-refractivity contribution is 6.51. The number of nitrogens with zero attached hydrogens (tertiary/aromatic N) is 1. The Kier molecular flexibility index (Phi) is 6.92. The maximum Gasteiger partial charge on any atom is 0.300 e. The van der Waals surface area contributed by atoms with Crippen molar-refractivity contribution in [1.29, 1.82) is 0 Å². The molecule has 4 rings (SSSR count). The van der Waals surface area contributed by atoms with Crippen molar-refractivity contribution in [2.75, 3.05) is 18.6 Å². The Morgan fingerprint density at radius 2 is 1.66 bits per heavy atom. The van der Waals surface area contributed by atoms with Crippen molar-refractivity contribution in [1.82, 2.24) is 0 Å². The molecule has 180 valence electrons. The average molecular weight is 472 g/mol. The van der Waals surface area contributed by atoms with Crippen LogP contribution in [0.1, 0.15) is 36.6 Å². The van der Waals surface area contributed by atoms with E-state index < -0.39 is 17.7 Å². The summed E-state index contributed by atoms with van der Waals surface area (Å²) in [6.07, 6.45) is 0. The summed E-state index contributed by atoms with van der Waals surface area (Å²) in [6, 6.07) is 20.5. The van der Waals surface area contributed by atoms with Gasteiger partial charge in [0.1, 0.15) is 17.3 Å². The van der Waals surface area contributed by atoms with Crippen LogP contribution in [-0.2, 0) is 9.59 Å². The summed E-state index contributed by atoms with van der Waals surface area (Å²) in [4.78, 5) is 28.0. The van der Waals surface area contributed by atoms with Crippen molar-refractivity contribution in [2.24, 2.45) is 5.92 Å². The van der Waals surface area contributed by atoms with Crippen LogP contribution in [0, 0.1) is 12.8 Å². The highest BCUT2D eigenvalue weighted by Crippen LogP contribution is 2.45. The van der Waals surface area contributed by atoms with Gasteiger partial charge in [-0.2, -0.15) is 0 Å². The van der Waals surface area contributed by atoms with Crippen LogP contribution in [0.3, 0.4) is 0 Å². The number of anilines is 1. The average Bonchev–Trinajstić information content (AvgIpc) is 3.13. The van der Waals surface area contributed by atoms with Gasteiger partial charge >= 0.3 is 0 Å². The van der Waals surface area contributed by atoms with Gasteiger partial charge in [-0.25, -0.2) is 0 Å². The van der Waals surface area contributed by atoms with E-state index >= 15 is 0 Å². The monoisotopic (exact) mass is 471 g/mol. The van der Waals surface area contributed by atoms with Gasteiger partial charge in [-0.1, -0.05) is 50.2 Å². The van der Waals surface area contributed by atoms with Crippen LogP contribution in [-0.4, -0.2) is 30.5 Å². The second-order valence-electron chi connectivity index (χ2n) is 8.93. The Balaban J connectivity index is 1.88. The lowest BCUT2D eigenvalue weighted by Gasteiger charge is -2.26. The molecule has 0 aromatic heterocycles. The lowest BCUT2D eigenvalue weighted by molar-refractivity contribution is -0.132. The molecule has 1 heterocycles. The number of Topliss-reactive ketones (excluding diaryl/α,β-unsaturated/α-hetero) is 1. The summed E-state index contributed by atoms with van der Waals surface area (Å²) in [5.41, 5.74) is 2.43. The summed E-state index contributed by atoms with van der Waals surface area (Å²) < 4.78 is 11.4. The van der Waals surface area contributed by atoms with Gasteiger partial charge < -0.3 is 14.6 Å². The van der Waals surface area contributed by atoms with E-state index in [0.29, 0.717) is 40.8 Å². The predicted molar refractivity (Wildman–Crippen MR) is 136 cm³/mol. The smallest absolute Gasteiger partial charge is 0.300 e. The summed E-state index contributed by atoms with van der Waals surface area (Å²) in [5, 5.41) is 11.4. The summed E-state index contributed by atoms with van der Waals surface area (Å²) in [6.45, 7) is 6.59. The van der Waals surface area contributed by atoms with Crippen LogP contribution >= 0.6 is 0 Å². The molecule has 3 aromatic rings. The molecule has 1 atom stereocenters. The Labute approximate surface area is 205 Å². The van der Waals surface area contributed by atoms with Crippen molar-refractivity contribution in [3.05, 3.63) is 95.1 Å². The minimum Gasteiger partial charge on any atom is -0.507 e. The van der Waals surface area contributed by atoms with Crippen molar-refractivity contribution >= 4 is 23.1 Å². The third kappa shape index (κ3) is 4.64. The third-order valence-corrected chi connectivity index (χ3v) is 5.93. The summed E-state index contributed by atoms with van der Waals surface area (Å²) in [7, 11) is 1.53. The fourth-order valence-electron chi connectivity index (χ4n) is 4.24. The number of carbonyl (C=O) groups excluding carboxylic acids is 2. The van der Waals surface area contributed by atoms with Gasteiger partial charge in [-0.3, -0.25) is 14.5 Å². The Morgan fingerprint density at radius 3 is 2.31 bits per heavy atom. The molecule has 0 saturated carbocycles. The SMILES string of the molecule is COc1ccccc1C1/C(=C(\O)c2ccc(OCC(C)C)c(C)c2)C(=O)C(=O)N1c1ccccc1. The first-order valence-electron chi connectivity index (χ1n) is 11.6. The molecule has 1 unspecified atom stereocenters. The molecule has 6 heteroatoms. The number of methoxy groups -OCH3 is 1. The second kappa shape index (κ2) is 10.1. The highest BCUT2D eigenvalue weighted by Gasteiger charge is 2.47. The van der Waals surface area contributed by atoms with Gasteiger partial charge in [-0.05, 0) is 54.8 Å². The van der Waals surface area contributed by atoms with Crippen molar-refractivity contribution < 1.29 is 24.2 Å². The summed E-state index contributed by atoms with van der Waals surface area (Å²) >= 11 is 0. The highest BCUT2D eigenvalue weighted by atomic mass is 16.5. The lowest BCUT2D eigenvalue weighted by Crippen LogP contribution is -2.29. The van der Waals surface area contributed by atoms with Crippen LogP contribution in [0.4, 0.5) is 5.69 Å². The Morgan fingerprint density at radius 1 is 0.971 bits per heavy atom. The van der Waals surface area contributed by atoms with E-state index in [1.54, 1.807) is 54.6 Å². The normalized spacial score (nSPS) is 17.2. The Bertz CT molecular complexity index is 1280. The lowest BCUT2D eigenvalue weighted by atomic mass is 9.94. The molecule has 0 radical (unpaired) electrons. The van der Waals surface area contributed by atoms with E-state index in [-0.39, 0.29) is 11.3 Å². The van der Waals surface area contributed by atoms with E-state index in [2.05, 4.69) is 13.8 Å². The third-order valence-electron chi connectivity index (χ3n) is 5.93. The molecule has 1 aliphatic rings. The van der Waals surface area contributed by atoms with E-state index in [0.717, 1.165) is 5.56 Å². The number of carbonyl (C=O) groups is 2. The fourth-order valence-corrected chi connectivity index (χ4v) is 4.24. The van der Waals surface area contributed by atoms with Crippen LogP contribution in [0.2, 0.25) is 0 Å². The van der Waals surface area contributed by atoms with E-state index in [9.17, 15) is 14.7 Å². The molecule has 1 aliphatic heterocycles. The molecule has 0 bridgehead atoms. The molecule has 35 heavy (non-hydrogen) atoms. The predicted octanol–water partition coefficient (Wildman–Crippen LogP) is 5.66. The van der Waals surface area contributed by atoms with Crippen LogP contribution in [0.25, 0.3) is 5.76 Å². The molecule has 1 saturated heterocycles. The number of ether oxygens (including phenoxy) is 2. The molecule has 6 nitrogen and oxygen atoms in total. The molecule has 3 aromatic carbocycles. The number of ketones is 1. The maximum atomic E-state index is 13.3. The van der Waals surface area contributed by atoms with Gasteiger partial charge in [0.25, 0.3) is 11.7 Å². The first kappa shape index (κ1) is 24.1. The number of rotatable bonds is 7. The number of aryl methyl sites for hydroxylation is 1. The van der Waals surface area contributed by atoms with E-state index in [4.69, 9.17) is 9.47 Å². The van der Waals surface area contributed by atoms with Crippen LogP contribution in [0.5, 0.6) is 11.5 Å². The second-order valence-corrected chi connectivity index (χ2v) is 8.93. The largest absolute Gasteiger partial charge is 0.507 e. The van der Waals surface area contributed by atoms with Gasteiger partial charge in [0.2, 0.25) is 0 Å². The first-order chi connectivity index (χ1) is 16.8. The minimum atomic E-state index is -0.856. The summed E-state index contributed by atoms with van der Waals surface area (Å²) in [5.74, 6) is -0.100. The number of hydrogen-bond donors (Lipinski definition) is 1. The number of para-hydroxylation sites is 2. The zero-order valence-electron chi connectivity index (χ0n) is 20.3. The van der Waals surface area contributed by atoms with Gasteiger partial charge in [-0.15, -0.1) is 0 Å². The fraction of sp³-hybridized carbons (Fsp3) is 0.241. The standard InChI is InChI=1S/C29H29NO5/c1-18(2)17-35-23-15-14-20(16-19(23)3)27(31)25-26(22-12-8-9-13-24(22)34-4)30(29(33)28(25)32)21-10-6-5-7-11-21/h5-16,18,26,31H,17H2,1-4H3/b27-25+. The van der Waals surface area contributed by atoms with Crippen LogP contribution < -0.4 is 14.4 Å². The molecular formula is C29H29NO5. The van der Waals surface area contributed by atoms with Gasteiger partial charge in [0.05, 0.1) is 25.3 Å². The number of aliphatic hydroxyl groups excluding tert-OH is 1. The topological polar surface area (TPSA) is 76.1 Å². The zero-order valence-corrected chi connectivity index (χ0v) is 20.3. The van der Waals surface area contributed by atoms with E-state index in [1.807, 2.05) is 25.1 Å². The molecule has 1 fully saturated rings. The quantitative estimate of drug-likeness (QED) is 0.273. The minimum absolute atomic E-state index is 0.0126. The molecule has 0 aliphatic carbocycles. The zero-order chi connectivity index (χ0) is 25.1. The molecule has 1 amide bonds. The van der Waals surface area contributed by atoms with Crippen LogP contribution in [0.15, 0.2) is 78.4 Å². The first-order valence-corrected chi connectivity index (χ1v) is 11.6. The number of benzene rings is 3. The number of aliphatic hydroxyl groups is 1. The van der Waals surface area contributed by atoms with Crippen molar-refractivity contribution in [3.63, 3.8) is 0 Å². The van der Waals surface area contributed by atoms with Crippen molar-refractivity contribution in [2.45, 2.75) is 26.8 Å². The number of hydrogen-bond acceptors (Lipinski definition) is 5. The van der Waals surface area contributed by atoms with E-state index in [1.165, 1.54) is 12.0 Å². The molecule has 0 spiro atoms. The molecule has 1 N–H and O–H groups in total.